The maximum absolute atomic E-state index is 13.8. The molecule has 4 aliphatic heterocycles. The average Bonchev–Trinajstić information content (AvgIpc) is 3.49. The van der Waals surface area contributed by atoms with Crippen LogP contribution in [-0.2, 0) is 30.9 Å². The van der Waals surface area contributed by atoms with Gasteiger partial charge in [0.15, 0.2) is 0 Å². The molecule has 0 aromatic heterocycles. The van der Waals surface area contributed by atoms with Gasteiger partial charge >= 0.3 is 11.9 Å². The molecule has 9 heteroatoms. The van der Waals surface area contributed by atoms with Crippen molar-refractivity contribution in [1.82, 2.24) is 10.2 Å². The summed E-state index contributed by atoms with van der Waals surface area (Å²) in [5.41, 5.74) is 1.42. The number of halogens is 3. The molecule has 6 rings (SSSR count). The standard InChI is InChI=1S/C16H20FNO2.C9H15NO2.C7H6BrF/c1-20-16(19)13-8-6-12-7-9-15(13)18(12)10-11-4-2-3-5-14(11)17;1-12-9(11)7-4-2-6-3-5-8(7)10-6;8-5-6-3-1-2-4-7(6)9/h2-5,12-13,15H,6-10H2,1H3;6-8,10H,2-5H2,1H3;1-4H,5H2. The zero-order valence-electron chi connectivity index (χ0n) is 23.9. The zero-order chi connectivity index (χ0) is 29.4. The second-order valence-electron chi connectivity index (χ2n) is 11.2. The highest BCUT2D eigenvalue weighted by molar-refractivity contribution is 9.08. The van der Waals surface area contributed by atoms with Crippen LogP contribution in [0.1, 0.15) is 62.5 Å². The number of esters is 2. The van der Waals surface area contributed by atoms with E-state index in [1.807, 2.05) is 18.2 Å². The van der Waals surface area contributed by atoms with E-state index in [1.165, 1.54) is 32.8 Å². The number of nitrogens with zero attached hydrogens (tertiary/aromatic N) is 1. The number of carbonyl (C=O) groups excluding carboxylic acids is 2. The molecule has 0 amide bonds. The highest BCUT2D eigenvalue weighted by Gasteiger charge is 2.45. The second-order valence-corrected chi connectivity index (χ2v) is 11.8. The molecule has 0 aliphatic carbocycles. The van der Waals surface area contributed by atoms with Gasteiger partial charge in [-0.1, -0.05) is 52.3 Å². The van der Waals surface area contributed by atoms with E-state index in [4.69, 9.17) is 9.47 Å². The Bertz CT molecular complexity index is 1170. The first kappa shape index (κ1) is 31.6. The monoisotopic (exact) mass is 634 g/mol. The Morgan fingerprint density at radius 1 is 0.805 bits per heavy atom. The largest absolute Gasteiger partial charge is 0.469 e. The molecule has 6 unspecified atom stereocenters. The van der Waals surface area contributed by atoms with Gasteiger partial charge in [-0.3, -0.25) is 14.5 Å². The van der Waals surface area contributed by atoms with Crippen molar-refractivity contribution in [2.24, 2.45) is 11.8 Å². The van der Waals surface area contributed by atoms with Crippen molar-refractivity contribution >= 4 is 27.9 Å². The van der Waals surface area contributed by atoms with Crippen LogP contribution >= 0.6 is 15.9 Å². The van der Waals surface area contributed by atoms with Crippen molar-refractivity contribution in [3.05, 3.63) is 71.3 Å². The van der Waals surface area contributed by atoms with Crippen molar-refractivity contribution in [1.29, 1.82) is 0 Å². The Balaban J connectivity index is 0.000000156. The molecule has 2 aromatic carbocycles. The van der Waals surface area contributed by atoms with Crippen LogP contribution in [0.3, 0.4) is 0 Å². The molecular formula is C32H41BrF2N2O4. The predicted octanol–water partition coefficient (Wildman–Crippen LogP) is 6.15. The van der Waals surface area contributed by atoms with Gasteiger partial charge in [-0.05, 0) is 69.1 Å². The first-order valence-corrected chi connectivity index (χ1v) is 15.7. The Kier molecular flexibility index (Phi) is 11.7. The number of ether oxygens (including phenoxy) is 2. The summed E-state index contributed by atoms with van der Waals surface area (Å²) in [6, 6.07) is 15.4. The van der Waals surface area contributed by atoms with E-state index >= 15 is 0 Å². The van der Waals surface area contributed by atoms with Gasteiger partial charge in [0.1, 0.15) is 11.6 Å². The number of rotatable bonds is 5. The molecule has 4 aliphatic rings. The van der Waals surface area contributed by atoms with E-state index in [0.717, 1.165) is 50.5 Å². The minimum atomic E-state index is -0.160. The zero-order valence-corrected chi connectivity index (χ0v) is 25.5. The van der Waals surface area contributed by atoms with Crippen LogP contribution in [0.4, 0.5) is 8.78 Å². The number of fused-ring (bicyclic) bond motifs is 4. The summed E-state index contributed by atoms with van der Waals surface area (Å²) in [4.78, 5) is 25.5. The lowest BCUT2D eigenvalue weighted by molar-refractivity contribution is -0.150. The van der Waals surface area contributed by atoms with Crippen LogP contribution in [0.2, 0.25) is 0 Å². The molecule has 0 spiro atoms. The van der Waals surface area contributed by atoms with E-state index < -0.39 is 0 Å². The molecule has 6 nitrogen and oxygen atoms in total. The SMILES string of the molecule is COC(=O)C1CCC2CCC1N2.COC(=O)C1CCC2CCC1N2Cc1ccccc1F.Fc1ccccc1CBr. The fourth-order valence-electron chi connectivity index (χ4n) is 6.79. The fourth-order valence-corrected chi connectivity index (χ4v) is 7.24. The number of hydrogen-bond acceptors (Lipinski definition) is 6. The number of benzene rings is 2. The Morgan fingerprint density at radius 2 is 1.37 bits per heavy atom. The Morgan fingerprint density at radius 3 is 1.98 bits per heavy atom. The molecule has 1 N–H and O–H groups in total. The van der Waals surface area contributed by atoms with Crippen LogP contribution in [0.15, 0.2) is 48.5 Å². The van der Waals surface area contributed by atoms with Crippen molar-refractivity contribution in [2.45, 2.75) is 87.4 Å². The van der Waals surface area contributed by atoms with Crippen LogP contribution in [0, 0.1) is 23.5 Å². The van der Waals surface area contributed by atoms with Crippen molar-refractivity contribution in [3.63, 3.8) is 0 Å². The molecule has 6 atom stereocenters. The summed E-state index contributed by atoms with van der Waals surface area (Å²) in [5, 5.41) is 4.04. The van der Waals surface area contributed by atoms with Crippen LogP contribution in [0.5, 0.6) is 0 Å². The highest BCUT2D eigenvalue weighted by Crippen LogP contribution is 2.40. The topological polar surface area (TPSA) is 67.9 Å². The number of hydrogen-bond donors (Lipinski definition) is 1. The molecule has 4 fully saturated rings. The van der Waals surface area contributed by atoms with Gasteiger partial charge in [0.05, 0.1) is 26.1 Å². The van der Waals surface area contributed by atoms with E-state index in [2.05, 4.69) is 26.1 Å². The Labute approximate surface area is 250 Å². The second kappa shape index (κ2) is 15.2. The van der Waals surface area contributed by atoms with Gasteiger partial charge in [-0.2, -0.15) is 0 Å². The lowest BCUT2D eigenvalue weighted by atomic mass is 9.90. The molecule has 4 saturated heterocycles. The third kappa shape index (κ3) is 7.93. The van der Waals surface area contributed by atoms with E-state index in [0.29, 0.717) is 35.6 Å². The van der Waals surface area contributed by atoms with Gasteiger partial charge in [-0.25, -0.2) is 8.78 Å². The first-order valence-electron chi connectivity index (χ1n) is 14.6. The minimum absolute atomic E-state index is 0.0344. The molecule has 2 aromatic rings. The summed E-state index contributed by atoms with van der Waals surface area (Å²) < 4.78 is 36.1. The molecule has 4 bridgehead atoms. The lowest BCUT2D eigenvalue weighted by Gasteiger charge is -2.38. The van der Waals surface area contributed by atoms with Crippen LogP contribution in [-0.4, -0.2) is 55.2 Å². The van der Waals surface area contributed by atoms with Crippen LogP contribution < -0.4 is 5.32 Å². The average molecular weight is 636 g/mol. The summed E-state index contributed by atoms with van der Waals surface area (Å²) in [7, 11) is 2.92. The maximum atomic E-state index is 13.8. The van der Waals surface area contributed by atoms with E-state index in [1.54, 1.807) is 18.2 Å². The van der Waals surface area contributed by atoms with Crippen molar-refractivity contribution in [3.8, 4) is 0 Å². The lowest BCUT2D eigenvalue weighted by Crippen LogP contribution is -2.47. The van der Waals surface area contributed by atoms with Crippen LogP contribution in [0.25, 0.3) is 0 Å². The highest BCUT2D eigenvalue weighted by atomic mass is 79.9. The van der Waals surface area contributed by atoms with Crippen molar-refractivity contribution in [2.75, 3.05) is 14.2 Å². The molecule has 224 valence electrons. The number of methoxy groups -OCH3 is 2. The van der Waals surface area contributed by atoms with Crippen molar-refractivity contribution < 1.29 is 27.8 Å². The maximum Gasteiger partial charge on any atom is 0.310 e. The molecule has 0 saturated carbocycles. The smallest absolute Gasteiger partial charge is 0.310 e. The van der Waals surface area contributed by atoms with E-state index in [-0.39, 0.29) is 41.5 Å². The van der Waals surface area contributed by atoms with Gasteiger partial charge in [-0.15, -0.1) is 0 Å². The number of piperidine rings is 2. The third-order valence-corrected chi connectivity index (χ3v) is 9.58. The number of carbonyl (C=O) groups is 2. The summed E-state index contributed by atoms with van der Waals surface area (Å²) in [5.74, 6) is -0.387. The molecular weight excluding hydrogens is 594 g/mol. The molecule has 41 heavy (non-hydrogen) atoms. The van der Waals surface area contributed by atoms with Gasteiger partial charge in [0.2, 0.25) is 0 Å². The van der Waals surface area contributed by atoms with Gasteiger partial charge in [0, 0.05) is 41.6 Å². The fraction of sp³-hybridized carbons (Fsp3) is 0.562. The summed E-state index contributed by atoms with van der Waals surface area (Å²) in [6.07, 6.45) is 8.54. The third-order valence-electron chi connectivity index (χ3n) is 8.97. The molecule has 0 radical (unpaired) electrons. The predicted molar refractivity (Wildman–Crippen MR) is 157 cm³/mol. The minimum Gasteiger partial charge on any atom is -0.469 e. The van der Waals surface area contributed by atoms with Gasteiger partial charge < -0.3 is 14.8 Å². The quantitative estimate of drug-likeness (QED) is 0.314. The Hall–Kier alpha value is -2.36. The number of nitrogens with one attached hydrogen (secondary N) is 1. The first-order chi connectivity index (χ1) is 19.9. The summed E-state index contributed by atoms with van der Waals surface area (Å²) >= 11 is 3.17. The molecule has 4 heterocycles. The number of alkyl halides is 1. The summed E-state index contributed by atoms with van der Waals surface area (Å²) in [6.45, 7) is 0.593. The van der Waals surface area contributed by atoms with Gasteiger partial charge in [0.25, 0.3) is 0 Å². The van der Waals surface area contributed by atoms with E-state index in [9.17, 15) is 18.4 Å². The normalized spacial score (nSPS) is 28.0.